The number of hydrogen-bond acceptors (Lipinski definition) is 3. The molecule has 4 nitrogen and oxygen atoms in total. The summed E-state index contributed by atoms with van der Waals surface area (Å²) in [6.07, 6.45) is 9.39. The molecule has 0 aromatic carbocycles. The van der Waals surface area contributed by atoms with E-state index in [1.807, 2.05) is 22.6 Å². The summed E-state index contributed by atoms with van der Waals surface area (Å²) in [5.74, 6) is 1.88. The Morgan fingerprint density at radius 3 is 2.38 bits per heavy atom. The minimum absolute atomic E-state index is 0.185. The second-order valence-corrected chi connectivity index (χ2v) is 5.46. The van der Waals surface area contributed by atoms with Gasteiger partial charge in [-0.15, -0.1) is 0 Å². The number of unbranched alkanes of at least 4 members (excludes halogenated alkanes) is 6. The lowest BCUT2D eigenvalue weighted by molar-refractivity contribution is -0.144. The van der Waals surface area contributed by atoms with Gasteiger partial charge in [-0.05, 0) is 16.8 Å². The van der Waals surface area contributed by atoms with E-state index in [4.69, 9.17) is 4.74 Å². The Kier molecular flexibility index (Phi) is 15.0. The Labute approximate surface area is 141 Å². The molecule has 0 bridgehead atoms. The first-order chi connectivity index (χ1) is 10.2. The van der Waals surface area contributed by atoms with Crippen LogP contribution >= 0.6 is 22.6 Å². The van der Waals surface area contributed by atoms with Crippen LogP contribution in [0.4, 0.5) is 0 Å². The normalized spacial score (nSPS) is 9.62. The summed E-state index contributed by atoms with van der Waals surface area (Å²) < 4.78 is 7.63. The minimum Gasteiger partial charge on any atom is -0.466 e. The van der Waals surface area contributed by atoms with Crippen LogP contribution in [0.3, 0.4) is 0 Å². The maximum absolute atomic E-state index is 11.4. The van der Waals surface area contributed by atoms with E-state index in [-0.39, 0.29) is 11.9 Å². The van der Waals surface area contributed by atoms with Crippen molar-refractivity contribution in [2.45, 2.75) is 64.7 Å². The molecule has 0 aliphatic carbocycles. The number of ether oxygens (including phenoxy) is 1. The number of hydrogen-bond donors (Lipinski definition) is 1. The fraction of sp³-hybridized carbons (Fsp3) is 0.750. The van der Waals surface area contributed by atoms with Crippen molar-refractivity contribution in [3.63, 3.8) is 0 Å². The van der Waals surface area contributed by atoms with Gasteiger partial charge in [-0.1, -0.05) is 45.4 Å². The van der Waals surface area contributed by atoms with Crippen LogP contribution in [-0.2, 0) is 14.3 Å². The lowest BCUT2D eigenvalue weighted by atomic mass is 10.1. The second kappa shape index (κ2) is 15.6. The van der Waals surface area contributed by atoms with E-state index in [1.54, 1.807) is 0 Å². The van der Waals surface area contributed by atoms with Gasteiger partial charge in [0.2, 0.25) is 0 Å². The maximum atomic E-state index is 11.4. The molecule has 1 amide bonds. The molecule has 0 rings (SSSR count). The van der Waals surface area contributed by atoms with Gasteiger partial charge in [-0.3, -0.25) is 9.59 Å². The van der Waals surface area contributed by atoms with Gasteiger partial charge in [0.25, 0.3) is 5.91 Å². The first kappa shape index (κ1) is 20.2. The van der Waals surface area contributed by atoms with Crippen LogP contribution in [-0.4, -0.2) is 25.0 Å². The topological polar surface area (TPSA) is 55.4 Å². The molecule has 0 spiro atoms. The summed E-state index contributed by atoms with van der Waals surface area (Å²) in [6, 6.07) is 0. The second-order valence-electron chi connectivity index (χ2n) is 4.92. The summed E-state index contributed by atoms with van der Waals surface area (Å²) in [4.78, 5) is 22.4. The molecule has 0 aliphatic heterocycles. The first-order valence-corrected chi connectivity index (χ1v) is 8.83. The molecule has 0 saturated heterocycles. The molecular weight excluding hydrogens is 381 g/mol. The number of carbonyl (C=O) groups excluding carboxylic acids is 2. The lowest BCUT2D eigenvalue weighted by Crippen LogP contribution is -2.23. The van der Waals surface area contributed by atoms with Crippen LogP contribution in [0.25, 0.3) is 0 Å². The van der Waals surface area contributed by atoms with Crippen molar-refractivity contribution < 1.29 is 14.3 Å². The zero-order chi connectivity index (χ0) is 15.8. The average Bonchev–Trinajstić information content (AvgIpc) is 2.47. The minimum atomic E-state index is -0.305. The van der Waals surface area contributed by atoms with Crippen LogP contribution in [0.15, 0.2) is 0 Å². The zero-order valence-corrected chi connectivity index (χ0v) is 15.0. The Morgan fingerprint density at radius 2 is 1.71 bits per heavy atom. The van der Waals surface area contributed by atoms with Crippen LogP contribution in [0.2, 0.25) is 0 Å². The predicted octanol–water partition coefficient (Wildman–Crippen LogP) is 3.57. The summed E-state index contributed by atoms with van der Waals surface area (Å²) in [5.41, 5.74) is 0. The molecule has 0 heterocycles. The van der Waals surface area contributed by atoms with Gasteiger partial charge in [0.05, 0.1) is 6.61 Å². The molecule has 0 saturated carbocycles. The predicted molar refractivity (Wildman–Crippen MR) is 93.0 cm³/mol. The standard InChI is InChI=1S/C16H26INO3/c1-2-3-4-5-6-7-8-14-21-16(20)10-9-13-18-15(19)11-12-17/h2-10,13-14H2,1H3,(H,18,19). The van der Waals surface area contributed by atoms with Crippen molar-refractivity contribution >= 4 is 34.5 Å². The molecule has 0 aromatic rings. The van der Waals surface area contributed by atoms with Crippen LogP contribution in [0.5, 0.6) is 0 Å². The summed E-state index contributed by atoms with van der Waals surface area (Å²) in [7, 11) is 0. The molecule has 0 radical (unpaired) electrons. The smallest absolute Gasteiger partial charge is 0.305 e. The third kappa shape index (κ3) is 15.4. The molecule has 5 heteroatoms. The van der Waals surface area contributed by atoms with Gasteiger partial charge >= 0.3 is 5.97 Å². The number of esters is 1. The molecule has 120 valence electrons. The van der Waals surface area contributed by atoms with Gasteiger partial charge in [0, 0.05) is 41.5 Å². The Bertz CT molecular complexity index is 347. The lowest BCUT2D eigenvalue weighted by Gasteiger charge is -2.05. The fourth-order valence-corrected chi connectivity index (χ4v) is 2.08. The van der Waals surface area contributed by atoms with Crippen LogP contribution in [0, 0.1) is 9.85 Å². The monoisotopic (exact) mass is 407 g/mol. The molecule has 1 N–H and O–H groups in total. The van der Waals surface area contributed by atoms with Gasteiger partial charge in [0.15, 0.2) is 0 Å². The molecule has 0 unspecified atom stereocenters. The Morgan fingerprint density at radius 1 is 1.05 bits per heavy atom. The molecular formula is C16H26INO3. The summed E-state index contributed by atoms with van der Waals surface area (Å²) in [5, 5.41) is 2.61. The highest BCUT2D eigenvalue weighted by Gasteiger charge is 2.03. The van der Waals surface area contributed by atoms with Gasteiger partial charge in [-0.25, -0.2) is 0 Å². The van der Waals surface area contributed by atoms with Crippen molar-refractivity contribution in [1.82, 2.24) is 5.32 Å². The quantitative estimate of drug-likeness (QED) is 0.233. The zero-order valence-electron chi connectivity index (χ0n) is 12.9. The van der Waals surface area contributed by atoms with Crippen LogP contribution in [0.1, 0.15) is 64.7 Å². The number of carbonyl (C=O) groups is 2. The highest BCUT2D eigenvalue weighted by atomic mass is 127. The molecule has 0 aromatic heterocycles. The third-order valence-electron chi connectivity index (χ3n) is 3.01. The van der Waals surface area contributed by atoms with Crippen molar-refractivity contribution in [3.8, 4) is 9.85 Å². The van der Waals surface area contributed by atoms with Gasteiger partial charge in [0.1, 0.15) is 0 Å². The van der Waals surface area contributed by atoms with Gasteiger partial charge < -0.3 is 10.1 Å². The highest BCUT2D eigenvalue weighted by molar-refractivity contribution is 14.1. The molecule has 0 atom stereocenters. The van der Waals surface area contributed by atoms with E-state index in [0.29, 0.717) is 26.0 Å². The Hall–Kier alpha value is -0.770. The van der Waals surface area contributed by atoms with E-state index in [1.165, 1.54) is 32.1 Å². The van der Waals surface area contributed by atoms with E-state index >= 15 is 0 Å². The van der Waals surface area contributed by atoms with Gasteiger partial charge in [-0.2, -0.15) is 0 Å². The largest absolute Gasteiger partial charge is 0.466 e. The fourth-order valence-electron chi connectivity index (χ4n) is 1.84. The molecule has 21 heavy (non-hydrogen) atoms. The first-order valence-electron chi connectivity index (χ1n) is 7.75. The van der Waals surface area contributed by atoms with E-state index in [2.05, 4.69) is 22.1 Å². The van der Waals surface area contributed by atoms with E-state index < -0.39 is 0 Å². The van der Waals surface area contributed by atoms with Crippen molar-refractivity contribution in [1.29, 1.82) is 0 Å². The number of halogens is 1. The molecule has 0 aliphatic rings. The van der Waals surface area contributed by atoms with Crippen molar-refractivity contribution in [3.05, 3.63) is 0 Å². The Balaban J connectivity index is 3.30. The number of amides is 1. The summed E-state index contributed by atoms with van der Waals surface area (Å²) >= 11 is 1.81. The SMILES string of the molecule is CCCCCCCCCOC(=O)CCCNC(=O)C#CI. The molecule has 0 fully saturated rings. The van der Waals surface area contributed by atoms with E-state index in [9.17, 15) is 9.59 Å². The summed E-state index contributed by atoms with van der Waals surface area (Å²) in [6.45, 7) is 3.18. The number of rotatable bonds is 12. The average molecular weight is 407 g/mol. The maximum Gasteiger partial charge on any atom is 0.305 e. The van der Waals surface area contributed by atoms with Crippen LogP contribution < -0.4 is 5.32 Å². The van der Waals surface area contributed by atoms with Crippen molar-refractivity contribution in [2.75, 3.05) is 13.2 Å². The van der Waals surface area contributed by atoms with Crippen molar-refractivity contribution in [2.24, 2.45) is 0 Å². The van der Waals surface area contributed by atoms with E-state index in [0.717, 1.165) is 12.8 Å². The third-order valence-corrected chi connectivity index (χ3v) is 3.28. The number of nitrogens with one attached hydrogen (secondary N) is 1. The highest BCUT2D eigenvalue weighted by Crippen LogP contribution is 2.07.